The summed E-state index contributed by atoms with van der Waals surface area (Å²) >= 11 is 12.2. The number of hydrogen-bond acceptors (Lipinski definition) is 4. The Labute approximate surface area is 160 Å². The van der Waals surface area contributed by atoms with Gasteiger partial charge in [-0.25, -0.2) is 0 Å². The van der Waals surface area contributed by atoms with Crippen molar-refractivity contribution in [2.75, 3.05) is 5.32 Å². The van der Waals surface area contributed by atoms with Gasteiger partial charge >= 0.3 is 0 Å². The smallest absolute Gasteiger partial charge is 0.278 e. The first-order valence-corrected chi connectivity index (χ1v) is 8.62. The predicted octanol–water partition coefficient (Wildman–Crippen LogP) is 5.43. The van der Waals surface area contributed by atoms with Crippen molar-refractivity contribution in [3.8, 4) is 5.75 Å². The molecule has 1 heterocycles. The molecule has 0 saturated heterocycles. The fourth-order valence-corrected chi connectivity index (χ4v) is 2.89. The van der Waals surface area contributed by atoms with E-state index in [1.807, 2.05) is 31.2 Å². The van der Waals surface area contributed by atoms with Gasteiger partial charge < -0.3 is 14.6 Å². The molecule has 0 fully saturated rings. The van der Waals surface area contributed by atoms with Gasteiger partial charge in [-0.2, -0.15) is 0 Å². The van der Waals surface area contributed by atoms with Crippen molar-refractivity contribution < 1.29 is 14.1 Å². The minimum Gasteiger partial charge on any atom is -0.488 e. The van der Waals surface area contributed by atoms with Gasteiger partial charge in [-0.3, -0.25) is 4.79 Å². The molecule has 3 aromatic rings. The molecule has 26 heavy (non-hydrogen) atoms. The largest absolute Gasteiger partial charge is 0.488 e. The lowest BCUT2D eigenvalue weighted by Gasteiger charge is -2.10. The number of nitrogens with one attached hydrogen (secondary N) is 1. The molecule has 0 aliphatic carbocycles. The first kappa shape index (κ1) is 18.3. The Kier molecular flexibility index (Phi) is 5.49. The van der Waals surface area contributed by atoms with Crippen LogP contribution in [0.3, 0.4) is 0 Å². The lowest BCUT2D eigenvalue weighted by Crippen LogP contribution is -2.16. The van der Waals surface area contributed by atoms with Crippen LogP contribution in [0.5, 0.6) is 5.75 Å². The molecule has 1 amide bonds. The predicted molar refractivity (Wildman–Crippen MR) is 101 cm³/mol. The first-order chi connectivity index (χ1) is 12.5. The molecule has 5 nitrogen and oxygen atoms in total. The van der Waals surface area contributed by atoms with E-state index in [9.17, 15) is 4.79 Å². The molecule has 0 radical (unpaired) electrons. The lowest BCUT2D eigenvalue weighted by molar-refractivity contribution is 0.101. The summed E-state index contributed by atoms with van der Waals surface area (Å²) in [7, 11) is 0. The quantitative estimate of drug-likeness (QED) is 0.630. The number of aromatic nitrogens is 1. The highest BCUT2D eigenvalue weighted by molar-refractivity contribution is 6.40. The Morgan fingerprint density at radius 2 is 1.81 bits per heavy atom. The van der Waals surface area contributed by atoms with Gasteiger partial charge in [0.05, 0.1) is 21.3 Å². The number of rotatable bonds is 5. The molecule has 1 N–H and O–H groups in total. The van der Waals surface area contributed by atoms with E-state index in [0.29, 0.717) is 27.1 Å². The van der Waals surface area contributed by atoms with E-state index >= 15 is 0 Å². The van der Waals surface area contributed by atoms with Crippen LogP contribution in [0.25, 0.3) is 0 Å². The normalized spacial score (nSPS) is 10.6. The first-order valence-electron chi connectivity index (χ1n) is 7.86. The molecule has 0 saturated carbocycles. The summed E-state index contributed by atoms with van der Waals surface area (Å²) in [4.78, 5) is 12.6. The Morgan fingerprint density at radius 3 is 2.50 bits per heavy atom. The van der Waals surface area contributed by atoms with E-state index in [2.05, 4.69) is 10.5 Å². The second-order valence-corrected chi connectivity index (χ2v) is 6.49. The summed E-state index contributed by atoms with van der Waals surface area (Å²) in [6.07, 6.45) is 0. The minimum absolute atomic E-state index is 0.132. The Bertz CT molecular complexity index is 933. The summed E-state index contributed by atoms with van der Waals surface area (Å²) in [6, 6.07) is 12.6. The van der Waals surface area contributed by atoms with Crippen molar-refractivity contribution in [3.63, 3.8) is 0 Å². The number of halogens is 2. The number of benzene rings is 2. The fraction of sp³-hybridized carbons (Fsp3) is 0.158. The number of carbonyl (C=O) groups excluding carboxylic acids is 1. The number of carbonyl (C=O) groups is 1. The van der Waals surface area contributed by atoms with E-state index in [-0.39, 0.29) is 12.3 Å². The maximum Gasteiger partial charge on any atom is 0.278 e. The third kappa shape index (κ3) is 3.84. The highest BCUT2D eigenvalue weighted by atomic mass is 35.5. The molecule has 0 bridgehead atoms. The van der Waals surface area contributed by atoms with E-state index in [1.165, 1.54) is 0 Å². The van der Waals surface area contributed by atoms with Gasteiger partial charge in [0.1, 0.15) is 18.1 Å². The molecule has 0 aliphatic rings. The third-order valence-corrected chi connectivity index (χ3v) is 4.50. The highest BCUT2D eigenvalue weighted by Gasteiger charge is 2.22. The number of anilines is 1. The maximum atomic E-state index is 12.6. The topological polar surface area (TPSA) is 64.4 Å². The zero-order valence-electron chi connectivity index (χ0n) is 14.2. The van der Waals surface area contributed by atoms with Crippen LogP contribution < -0.4 is 10.1 Å². The van der Waals surface area contributed by atoms with Crippen LogP contribution in [0.1, 0.15) is 27.4 Å². The molecular weight excluding hydrogens is 375 g/mol. The van der Waals surface area contributed by atoms with Crippen LogP contribution in [0.4, 0.5) is 5.69 Å². The van der Waals surface area contributed by atoms with E-state index in [0.717, 1.165) is 11.3 Å². The number of hydrogen-bond donors (Lipinski definition) is 1. The summed E-state index contributed by atoms with van der Waals surface area (Å²) in [5.74, 6) is 0.767. The third-order valence-electron chi connectivity index (χ3n) is 3.87. The van der Waals surface area contributed by atoms with Gasteiger partial charge in [0.15, 0.2) is 5.69 Å². The van der Waals surface area contributed by atoms with Crippen molar-refractivity contribution in [2.24, 2.45) is 0 Å². The molecule has 0 atom stereocenters. The average Bonchev–Trinajstić information content (AvgIpc) is 2.98. The molecule has 134 valence electrons. The van der Waals surface area contributed by atoms with Gasteiger partial charge in [-0.15, -0.1) is 0 Å². The number of nitrogens with zero attached hydrogens (tertiary/aromatic N) is 1. The van der Waals surface area contributed by atoms with Crippen molar-refractivity contribution in [2.45, 2.75) is 20.5 Å². The zero-order valence-corrected chi connectivity index (χ0v) is 15.7. The van der Waals surface area contributed by atoms with Gasteiger partial charge in [0, 0.05) is 0 Å². The second-order valence-electron chi connectivity index (χ2n) is 5.67. The Hall–Kier alpha value is -2.50. The molecule has 0 spiro atoms. The molecule has 2 aromatic carbocycles. The minimum atomic E-state index is -0.472. The van der Waals surface area contributed by atoms with Crippen LogP contribution in [0.15, 0.2) is 47.0 Å². The van der Waals surface area contributed by atoms with Crippen LogP contribution in [0.2, 0.25) is 10.0 Å². The number of para-hydroxylation sites is 2. The summed E-state index contributed by atoms with van der Waals surface area (Å²) in [5.41, 5.74) is 2.02. The summed E-state index contributed by atoms with van der Waals surface area (Å²) in [6.45, 7) is 3.82. The molecular formula is C19H16Cl2N2O3. The molecule has 3 rings (SSSR count). The SMILES string of the molecule is Cc1ccccc1OCc1c(C(=O)Nc2c(Cl)cccc2Cl)noc1C. The van der Waals surface area contributed by atoms with Gasteiger partial charge in [0.2, 0.25) is 0 Å². The number of amides is 1. The van der Waals surface area contributed by atoms with Gasteiger partial charge in [-0.1, -0.05) is 52.6 Å². The van der Waals surface area contributed by atoms with Gasteiger partial charge in [-0.05, 0) is 37.6 Å². The molecule has 0 aliphatic heterocycles. The summed E-state index contributed by atoms with van der Waals surface area (Å²) < 4.78 is 11.0. The number of ether oxygens (including phenoxy) is 1. The fourth-order valence-electron chi connectivity index (χ4n) is 2.40. The highest BCUT2D eigenvalue weighted by Crippen LogP contribution is 2.30. The molecule has 0 unspecified atom stereocenters. The maximum absolute atomic E-state index is 12.6. The van der Waals surface area contributed by atoms with Crippen LogP contribution in [0, 0.1) is 13.8 Å². The van der Waals surface area contributed by atoms with Crippen molar-refractivity contribution >= 4 is 34.8 Å². The summed E-state index contributed by atoms with van der Waals surface area (Å²) in [5, 5.41) is 7.20. The molecule has 7 heteroatoms. The Balaban J connectivity index is 1.81. The number of aryl methyl sites for hydroxylation is 2. The van der Waals surface area contributed by atoms with E-state index in [4.69, 9.17) is 32.5 Å². The second kappa shape index (κ2) is 7.81. The molecule has 1 aromatic heterocycles. The van der Waals surface area contributed by atoms with Crippen molar-refractivity contribution in [1.29, 1.82) is 0 Å². The van der Waals surface area contributed by atoms with E-state index in [1.54, 1.807) is 25.1 Å². The Morgan fingerprint density at radius 1 is 1.12 bits per heavy atom. The average molecular weight is 391 g/mol. The van der Waals surface area contributed by atoms with Crippen molar-refractivity contribution in [1.82, 2.24) is 5.16 Å². The lowest BCUT2D eigenvalue weighted by atomic mass is 10.2. The van der Waals surface area contributed by atoms with Crippen molar-refractivity contribution in [3.05, 3.63) is 75.1 Å². The van der Waals surface area contributed by atoms with Crippen LogP contribution in [-0.4, -0.2) is 11.1 Å². The van der Waals surface area contributed by atoms with E-state index < -0.39 is 5.91 Å². The monoisotopic (exact) mass is 390 g/mol. The van der Waals surface area contributed by atoms with Crippen LogP contribution in [-0.2, 0) is 6.61 Å². The van der Waals surface area contributed by atoms with Gasteiger partial charge in [0.25, 0.3) is 5.91 Å². The van der Waals surface area contributed by atoms with Crippen LogP contribution >= 0.6 is 23.2 Å². The zero-order chi connectivity index (χ0) is 18.7. The standard InChI is InChI=1S/C19H16Cl2N2O3/c1-11-6-3-4-9-16(11)25-10-13-12(2)26-23-17(13)19(24)22-18-14(20)7-5-8-15(18)21/h3-9H,10H2,1-2H3,(H,22,24).